The molecule has 5 nitrogen and oxygen atoms in total. The Kier molecular flexibility index (Phi) is 5.79. The molecule has 0 radical (unpaired) electrons. The van der Waals surface area contributed by atoms with Crippen LogP contribution in [0.2, 0.25) is 0 Å². The molecule has 1 heterocycles. The lowest BCUT2D eigenvalue weighted by Gasteiger charge is -2.40. The number of rotatable bonds is 5. The van der Waals surface area contributed by atoms with E-state index in [2.05, 4.69) is 24.3 Å². The van der Waals surface area contributed by atoms with Crippen LogP contribution in [0.1, 0.15) is 29.0 Å². The van der Waals surface area contributed by atoms with Gasteiger partial charge in [-0.2, -0.15) is 0 Å². The van der Waals surface area contributed by atoms with Gasteiger partial charge in [0.15, 0.2) is 0 Å². The van der Waals surface area contributed by atoms with Gasteiger partial charge in [0.1, 0.15) is 6.09 Å². The summed E-state index contributed by atoms with van der Waals surface area (Å²) < 4.78 is 6.24. The lowest BCUT2D eigenvalue weighted by molar-refractivity contribution is -0.268. The minimum absolute atomic E-state index is 0.00526. The van der Waals surface area contributed by atoms with Crippen LogP contribution in [0.5, 0.6) is 0 Å². The highest BCUT2D eigenvalue weighted by Gasteiger charge is 2.31. The zero-order chi connectivity index (χ0) is 20.2. The van der Waals surface area contributed by atoms with Crippen molar-refractivity contribution in [3.05, 3.63) is 83.4 Å². The highest BCUT2D eigenvalue weighted by molar-refractivity contribution is 5.82. The molecule has 5 heteroatoms. The Labute approximate surface area is 170 Å². The molecule has 1 fully saturated rings. The van der Waals surface area contributed by atoms with Gasteiger partial charge in [-0.1, -0.05) is 60.7 Å². The van der Waals surface area contributed by atoms with E-state index in [0.29, 0.717) is 26.1 Å². The predicted octanol–water partition coefficient (Wildman–Crippen LogP) is 3.05. The maximum absolute atomic E-state index is 11.4. The van der Waals surface area contributed by atoms with Crippen molar-refractivity contribution in [2.75, 3.05) is 13.1 Å². The molecular formula is C24H24NO4-. The molecular weight excluding hydrogens is 366 g/mol. The van der Waals surface area contributed by atoms with Crippen LogP contribution in [0.25, 0.3) is 10.8 Å². The fourth-order valence-corrected chi connectivity index (χ4v) is 4.03. The van der Waals surface area contributed by atoms with Crippen LogP contribution >= 0.6 is 0 Å². The third kappa shape index (κ3) is 4.42. The van der Waals surface area contributed by atoms with Gasteiger partial charge in [-0.25, -0.2) is 0 Å². The molecule has 0 aromatic heterocycles. The SMILES string of the molecule is O=C([O-])N1CCC(c2ccc(CO)cc2)C(OCc2ccc3ccccc3c2)C1. The zero-order valence-corrected chi connectivity index (χ0v) is 16.2. The number of carbonyl (C=O) groups is 1. The number of ether oxygens (including phenoxy) is 1. The first kappa shape index (κ1) is 19.4. The quantitative estimate of drug-likeness (QED) is 0.727. The summed E-state index contributed by atoms with van der Waals surface area (Å²) in [5, 5.41) is 23.0. The maximum atomic E-state index is 11.4. The van der Waals surface area contributed by atoms with E-state index in [4.69, 9.17) is 4.74 Å². The molecule has 3 aromatic carbocycles. The average molecular weight is 390 g/mol. The lowest BCUT2D eigenvalue weighted by atomic mass is 9.86. The van der Waals surface area contributed by atoms with Gasteiger partial charge in [-0.05, 0) is 39.9 Å². The molecule has 0 bridgehead atoms. The molecule has 0 spiro atoms. The second-order valence-corrected chi connectivity index (χ2v) is 7.54. The summed E-state index contributed by atoms with van der Waals surface area (Å²) in [5.74, 6) is 0.0961. The van der Waals surface area contributed by atoms with Crippen molar-refractivity contribution in [1.82, 2.24) is 4.90 Å². The first-order valence-corrected chi connectivity index (χ1v) is 9.89. The van der Waals surface area contributed by atoms with Gasteiger partial charge in [0.2, 0.25) is 0 Å². The highest BCUT2D eigenvalue weighted by Crippen LogP contribution is 2.31. The number of aliphatic hydroxyl groups excluding tert-OH is 1. The number of hydrogen-bond acceptors (Lipinski definition) is 4. The van der Waals surface area contributed by atoms with Crippen LogP contribution in [0, 0.1) is 0 Å². The number of amides is 1. The van der Waals surface area contributed by atoms with Gasteiger partial charge in [0.05, 0.1) is 19.3 Å². The fourth-order valence-electron chi connectivity index (χ4n) is 4.03. The summed E-state index contributed by atoms with van der Waals surface area (Å²) in [6.45, 7) is 1.15. The van der Waals surface area contributed by atoms with E-state index >= 15 is 0 Å². The largest absolute Gasteiger partial charge is 0.530 e. The Hall–Kier alpha value is -2.89. The summed E-state index contributed by atoms with van der Waals surface area (Å²) in [5.41, 5.74) is 3.02. The van der Waals surface area contributed by atoms with E-state index in [1.54, 1.807) is 0 Å². The minimum Gasteiger partial charge on any atom is -0.530 e. The Morgan fingerprint density at radius 1 is 1.03 bits per heavy atom. The molecule has 1 N–H and O–H groups in total. The molecule has 4 rings (SSSR count). The van der Waals surface area contributed by atoms with Crippen molar-refractivity contribution in [2.24, 2.45) is 0 Å². The van der Waals surface area contributed by atoms with Crippen molar-refractivity contribution in [3.63, 3.8) is 0 Å². The first-order valence-electron chi connectivity index (χ1n) is 9.89. The Morgan fingerprint density at radius 2 is 1.76 bits per heavy atom. The van der Waals surface area contributed by atoms with E-state index in [1.165, 1.54) is 10.3 Å². The van der Waals surface area contributed by atoms with E-state index in [1.807, 2.05) is 42.5 Å². The summed E-state index contributed by atoms with van der Waals surface area (Å²) in [7, 11) is 0. The molecule has 1 saturated heterocycles. The second kappa shape index (κ2) is 8.64. The Balaban J connectivity index is 1.52. The van der Waals surface area contributed by atoms with Crippen LogP contribution in [0.3, 0.4) is 0 Å². The molecule has 2 atom stereocenters. The Bertz CT molecular complexity index is 986. The Morgan fingerprint density at radius 3 is 2.48 bits per heavy atom. The van der Waals surface area contributed by atoms with Gasteiger partial charge < -0.3 is 24.6 Å². The van der Waals surface area contributed by atoms with Crippen LogP contribution in [-0.2, 0) is 18.0 Å². The smallest absolute Gasteiger partial charge is 0.137 e. The van der Waals surface area contributed by atoms with Crippen LogP contribution in [0.15, 0.2) is 66.7 Å². The van der Waals surface area contributed by atoms with Crippen molar-refractivity contribution in [3.8, 4) is 0 Å². The van der Waals surface area contributed by atoms with E-state index in [-0.39, 0.29) is 18.6 Å². The number of fused-ring (bicyclic) bond motifs is 1. The standard InChI is InChI=1S/C24H25NO4/c26-15-17-5-9-20(10-6-17)22-11-12-25(24(27)28)14-23(22)29-16-18-7-8-19-3-1-2-4-21(19)13-18/h1-10,13,22-23,26H,11-12,14-16H2,(H,27,28)/p-1. The monoisotopic (exact) mass is 390 g/mol. The van der Waals surface area contributed by atoms with Gasteiger partial charge in [-0.15, -0.1) is 0 Å². The zero-order valence-electron chi connectivity index (χ0n) is 16.2. The molecule has 1 aliphatic heterocycles. The average Bonchev–Trinajstić information content (AvgIpc) is 2.77. The van der Waals surface area contributed by atoms with Crippen molar-refractivity contribution < 1.29 is 19.7 Å². The maximum Gasteiger partial charge on any atom is 0.137 e. The third-order valence-electron chi connectivity index (χ3n) is 5.69. The predicted molar refractivity (Wildman–Crippen MR) is 109 cm³/mol. The molecule has 1 aliphatic rings. The van der Waals surface area contributed by atoms with Crippen LogP contribution in [0.4, 0.5) is 4.79 Å². The minimum atomic E-state index is -1.15. The number of carboxylic acid groups (broad SMARTS) is 1. The number of carbonyl (C=O) groups excluding carboxylic acids is 1. The third-order valence-corrected chi connectivity index (χ3v) is 5.69. The summed E-state index contributed by atoms with van der Waals surface area (Å²) in [6.07, 6.45) is -0.735. The second-order valence-electron chi connectivity index (χ2n) is 7.54. The number of nitrogens with zero attached hydrogens (tertiary/aromatic N) is 1. The summed E-state index contributed by atoms with van der Waals surface area (Å²) in [4.78, 5) is 12.7. The number of hydrogen-bond donors (Lipinski definition) is 1. The molecule has 3 aromatic rings. The molecule has 29 heavy (non-hydrogen) atoms. The number of piperidine rings is 1. The first-order chi connectivity index (χ1) is 14.1. The highest BCUT2D eigenvalue weighted by atomic mass is 16.5. The summed E-state index contributed by atoms with van der Waals surface area (Å²) >= 11 is 0. The van der Waals surface area contributed by atoms with Gasteiger partial charge in [-0.3, -0.25) is 0 Å². The van der Waals surface area contributed by atoms with Crippen molar-refractivity contribution in [2.45, 2.75) is 31.7 Å². The number of aliphatic hydroxyl groups is 1. The van der Waals surface area contributed by atoms with Crippen molar-refractivity contribution >= 4 is 16.9 Å². The van der Waals surface area contributed by atoms with E-state index < -0.39 is 6.09 Å². The van der Waals surface area contributed by atoms with E-state index in [0.717, 1.165) is 22.1 Å². The number of likely N-dealkylation sites (tertiary alicyclic amines) is 1. The molecule has 2 unspecified atom stereocenters. The lowest BCUT2D eigenvalue weighted by Crippen LogP contribution is -2.51. The van der Waals surface area contributed by atoms with Gasteiger partial charge in [0.25, 0.3) is 0 Å². The van der Waals surface area contributed by atoms with Gasteiger partial charge >= 0.3 is 0 Å². The van der Waals surface area contributed by atoms with Crippen LogP contribution in [-0.4, -0.2) is 35.3 Å². The molecule has 0 aliphatic carbocycles. The normalized spacial score (nSPS) is 19.4. The van der Waals surface area contributed by atoms with Gasteiger partial charge in [0, 0.05) is 19.0 Å². The summed E-state index contributed by atoms with van der Waals surface area (Å²) in [6, 6.07) is 22.2. The molecule has 0 saturated carbocycles. The molecule has 150 valence electrons. The topological polar surface area (TPSA) is 72.8 Å². The fraction of sp³-hybridized carbons (Fsp3) is 0.292. The van der Waals surface area contributed by atoms with Crippen LogP contribution < -0.4 is 5.11 Å². The number of benzene rings is 3. The molecule has 1 amide bonds. The van der Waals surface area contributed by atoms with Crippen molar-refractivity contribution in [1.29, 1.82) is 0 Å². The van der Waals surface area contributed by atoms with E-state index in [9.17, 15) is 15.0 Å².